The molecule has 1 aliphatic rings. The topological polar surface area (TPSA) is 75.7 Å². The molecule has 0 unspecified atom stereocenters. The predicted octanol–water partition coefficient (Wildman–Crippen LogP) is 2.17. The molecule has 0 radical (unpaired) electrons. The predicted molar refractivity (Wildman–Crippen MR) is 59.9 cm³/mol. The Bertz CT molecular complexity index is 449. The van der Waals surface area contributed by atoms with Crippen molar-refractivity contribution in [3.63, 3.8) is 0 Å². The first-order chi connectivity index (χ1) is 7.57. The van der Waals surface area contributed by atoms with E-state index in [0.29, 0.717) is 11.7 Å². The second kappa shape index (κ2) is 4.71. The van der Waals surface area contributed by atoms with Crippen molar-refractivity contribution in [2.75, 3.05) is 0 Å². The number of nitrogens with zero attached hydrogens (tertiary/aromatic N) is 2. The Balaban J connectivity index is 2.17. The molecule has 0 atom stereocenters. The molecule has 1 aliphatic carbocycles. The molecule has 2 rings (SSSR count). The molecule has 1 aromatic heterocycles. The van der Waals surface area contributed by atoms with Crippen LogP contribution in [0.1, 0.15) is 50.3 Å². The Hall–Kier alpha value is -0.620. The van der Waals surface area contributed by atoms with Crippen molar-refractivity contribution in [3.05, 3.63) is 5.82 Å². The molecule has 90 valence electrons. The standard InChI is InChI=1S/C9H14ClN3O2S/c10-16(14,15)9-11-8(12-13-9)7-5-3-1-2-4-6-7/h7H,1-6H2,(H,11,12,13). The highest BCUT2D eigenvalue weighted by Gasteiger charge is 2.22. The largest absolute Gasteiger partial charge is 0.298 e. The van der Waals surface area contributed by atoms with Crippen LogP contribution in [0.2, 0.25) is 0 Å². The van der Waals surface area contributed by atoms with Gasteiger partial charge in [-0.05, 0) is 12.8 Å². The van der Waals surface area contributed by atoms with E-state index in [1.165, 1.54) is 12.8 Å². The van der Waals surface area contributed by atoms with Crippen LogP contribution in [0.3, 0.4) is 0 Å². The van der Waals surface area contributed by atoms with E-state index in [4.69, 9.17) is 10.7 Å². The Morgan fingerprint density at radius 1 is 1.19 bits per heavy atom. The summed E-state index contributed by atoms with van der Waals surface area (Å²) in [6.07, 6.45) is 6.88. The van der Waals surface area contributed by atoms with E-state index >= 15 is 0 Å². The van der Waals surface area contributed by atoms with E-state index in [1.54, 1.807) is 0 Å². The van der Waals surface area contributed by atoms with Crippen molar-refractivity contribution in [2.24, 2.45) is 0 Å². The molecule has 1 heterocycles. The third kappa shape index (κ3) is 2.74. The highest BCUT2D eigenvalue weighted by molar-refractivity contribution is 8.13. The lowest BCUT2D eigenvalue weighted by Crippen LogP contribution is -2.00. The zero-order valence-corrected chi connectivity index (χ0v) is 10.4. The SMILES string of the molecule is O=S(=O)(Cl)c1n[nH]c(C2CCCCCC2)n1. The quantitative estimate of drug-likeness (QED) is 0.655. The van der Waals surface area contributed by atoms with Gasteiger partial charge in [0.05, 0.1) is 0 Å². The van der Waals surface area contributed by atoms with Gasteiger partial charge in [0, 0.05) is 16.6 Å². The Labute approximate surface area is 99.0 Å². The van der Waals surface area contributed by atoms with E-state index in [2.05, 4.69) is 15.2 Å². The molecule has 5 nitrogen and oxygen atoms in total. The van der Waals surface area contributed by atoms with Gasteiger partial charge in [-0.3, -0.25) is 5.10 Å². The molecule has 0 bridgehead atoms. The average molecular weight is 264 g/mol. The van der Waals surface area contributed by atoms with E-state index in [0.717, 1.165) is 25.7 Å². The molecule has 1 saturated carbocycles. The van der Waals surface area contributed by atoms with Crippen molar-refractivity contribution < 1.29 is 8.42 Å². The summed E-state index contributed by atoms with van der Waals surface area (Å²) in [6, 6.07) is 0. The maximum absolute atomic E-state index is 11.0. The summed E-state index contributed by atoms with van der Waals surface area (Å²) in [5.74, 6) is 0.947. The van der Waals surface area contributed by atoms with Gasteiger partial charge in [0.2, 0.25) is 0 Å². The van der Waals surface area contributed by atoms with E-state index < -0.39 is 9.05 Å². The molecule has 0 amide bonds. The van der Waals surface area contributed by atoms with Crippen molar-refractivity contribution in [3.8, 4) is 0 Å². The smallest absolute Gasteiger partial charge is 0.262 e. The Kier molecular flexibility index (Phi) is 3.49. The Morgan fingerprint density at radius 2 is 1.81 bits per heavy atom. The van der Waals surface area contributed by atoms with Crippen LogP contribution < -0.4 is 0 Å². The molecular formula is C9H14ClN3O2S. The van der Waals surface area contributed by atoms with Gasteiger partial charge in [-0.15, -0.1) is 5.10 Å². The fourth-order valence-electron chi connectivity index (χ4n) is 2.10. The minimum Gasteiger partial charge on any atom is -0.262 e. The molecule has 0 aromatic carbocycles. The van der Waals surface area contributed by atoms with Crippen molar-refractivity contribution in [1.82, 2.24) is 15.2 Å². The second-order valence-electron chi connectivity index (χ2n) is 4.13. The van der Waals surface area contributed by atoms with Crippen LogP contribution in [-0.2, 0) is 9.05 Å². The fourth-order valence-corrected chi connectivity index (χ4v) is 2.67. The van der Waals surface area contributed by atoms with Gasteiger partial charge in [0.25, 0.3) is 14.2 Å². The third-order valence-electron chi connectivity index (χ3n) is 2.94. The highest BCUT2D eigenvalue weighted by Crippen LogP contribution is 2.29. The molecule has 0 aliphatic heterocycles. The van der Waals surface area contributed by atoms with Crippen molar-refractivity contribution in [1.29, 1.82) is 0 Å². The molecule has 0 saturated heterocycles. The number of hydrogen-bond acceptors (Lipinski definition) is 4. The molecule has 0 spiro atoms. The highest BCUT2D eigenvalue weighted by atomic mass is 35.7. The number of hydrogen-bond donors (Lipinski definition) is 1. The van der Waals surface area contributed by atoms with Crippen LogP contribution in [0.5, 0.6) is 0 Å². The summed E-state index contributed by atoms with van der Waals surface area (Å²) >= 11 is 0. The second-order valence-corrected chi connectivity index (χ2v) is 6.59. The number of rotatable bonds is 2. The Morgan fingerprint density at radius 3 is 2.31 bits per heavy atom. The number of aromatic amines is 1. The van der Waals surface area contributed by atoms with Crippen LogP contribution in [0.4, 0.5) is 0 Å². The van der Waals surface area contributed by atoms with E-state index in [1.807, 2.05) is 0 Å². The normalized spacial score (nSPS) is 19.6. The summed E-state index contributed by atoms with van der Waals surface area (Å²) in [5, 5.41) is 6.01. The molecular weight excluding hydrogens is 250 g/mol. The van der Waals surface area contributed by atoms with Crippen LogP contribution in [0.25, 0.3) is 0 Å². The van der Waals surface area contributed by atoms with E-state index in [-0.39, 0.29) is 5.16 Å². The van der Waals surface area contributed by atoms with Gasteiger partial charge < -0.3 is 0 Å². The lowest BCUT2D eigenvalue weighted by atomic mass is 10.00. The zero-order chi connectivity index (χ0) is 11.6. The minimum absolute atomic E-state index is 0.294. The monoisotopic (exact) mass is 263 g/mol. The molecule has 7 heteroatoms. The number of aromatic nitrogens is 3. The lowest BCUT2D eigenvalue weighted by molar-refractivity contribution is 0.561. The van der Waals surface area contributed by atoms with E-state index in [9.17, 15) is 8.42 Å². The number of H-pyrrole nitrogens is 1. The van der Waals surface area contributed by atoms with Crippen molar-refractivity contribution >= 4 is 19.7 Å². The summed E-state index contributed by atoms with van der Waals surface area (Å²) in [5.41, 5.74) is 0. The maximum atomic E-state index is 11.0. The van der Waals surface area contributed by atoms with Gasteiger partial charge in [-0.1, -0.05) is 25.7 Å². The first kappa shape index (κ1) is 11.9. The molecule has 16 heavy (non-hydrogen) atoms. The van der Waals surface area contributed by atoms with Gasteiger partial charge >= 0.3 is 0 Å². The van der Waals surface area contributed by atoms with Gasteiger partial charge in [0.1, 0.15) is 5.82 Å². The molecule has 1 fully saturated rings. The first-order valence-corrected chi connectivity index (χ1v) is 7.75. The maximum Gasteiger partial charge on any atom is 0.298 e. The van der Waals surface area contributed by atoms with Gasteiger partial charge in [-0.2, -0.15) is 0 Å². The van der Waals surface area contributed by atoms with Gasteiger partial charge in [-0.25, -0.2) is 13.4 Å². The zero-order valence-electron chi connectivity index (χ0n) is 8.82. The first-order valence-electron chi connectivity index (χ1n) is 5.44. The summed E-state index contributed by atoms with van der Waals surface area (Å²) in [7, 11) is 1.36. The summed E-state index contributed by atoms with van der Waals surface area (Å²) < 4.78 is 22.0. The molecule has 1 N–H and O–H groups in total. The van der Waals surface area contributed by atoms with Crippen LogP contribution in [0.15, 0.2) is 5.16 Å². The lowest BCUT2D eigenvalue weighted by Gasteiger charge is -2.08. The summed E-state index contributed by atoms with van der Waals surface area (Å²) in [4.78, 5) is 3.96. The minimum atomic E-state index is -3.81. The van der Waals surface area contributed by atoms with Gasteiger partial charge in [0.15, 0.2) is 0 Å². The van der Waals surface area contributed by atoms with Crippen LogP contribution >= 0.6 is 10.7 Å². The van der Waals surface area contributed by atoms with Crippen LogP contribution in [0, 0.1) is 0 Å². The third-order valence-corrected chi connectivity index (χ3v) is 3.97. The summed E-state index contributed by atoms with van der Waals surface area (Å²) in [6.45, 7) is 0. The van der Waals surface area contributed by atoms with Crippen LogP contribution in [-0.4, -0.2) is 23.6 Å². The average Bonchev–Trinajstić information content (AvgIpc) is 2.55. The van der Waals surface area contributed by atoms with Crippen molar-refractivity contribution in [2.45, 2.75) is 49.6 Å². The number of nitrogens with one attached hydrogen (secondary N) is 1. The molecule has 1 aromatic rings. The fraction of sp³-hybridized carbons (Fsp3) is 0.778. The number of halogens is 1.